The molecule has 2 unspecified atom stereocenters. The van der Waals surface area contributed by atoms with Crippen LogP contribution in [0, 0.1) is 0 Å². The summed E-state index contributed by atoms with van der Waals surface area (Å²) in [5, 5.41) is 0. The third kappa shape index (κ3) is 2.70. The number of para-hydroxylation sites is 1. The van der Waals surface area contributed by atoms with Gasteiger partial charge in [-0.3, -0.25) is 4.21 Å². The van der Waals surface area contributed by atoms with Crippen molar-refractivity contribution >= 4 is 16.5 Å². The fourth-order valence-electron chi connectivity index (χ4n) is 2.52. The molecule has 1 aliphatic rings. The summed E-state index contributed by atoms with van der Waals surface area (Å²) in [6, 6.07) is 15.3. The Kier molecular flexibility index (Phi) is 3.74. The maximum Gasteiger partial charge on any atom is 0.122 e. The molecule has 3 rings (SSSR count). The Hall–Kier alpha value is -1.81. The highest BCUT2D eigenvalue weighted by Crippen LogP contribution is 2.34. The Labute approximate surface area is 121 Å². The van der Waals surface area contributed by atoms with Crippen molar-refractivity contribution in [3.8, 4) is 5.75 Å². The van der Waals surface area contributed by atoms with Crippen LogP contribution in [-0.2, 0) is 10.8 Å². The van der Waals surface area contributed by atoms with Crippen molar-refractivity contribution in [1.29, 1.82) is 0 Å². The van der Waals surface area contributed by atoms with E-state index in [2.05, 4.69) is 6.07 Å². The summed E-state index contributed by atoms with van der Waals surface area (Å²) in [6.07, 6.45) is 0.908. The maximum absolute atomic E-state index is 12.5. The minimum Gasteiger partial charge on any atom is -0.493 e. The van der Waals surface area contributed by atoms with Crippen LogP contribution in [-0.4, -0.2) is 16.6 Å². The van der Waals surface area contributed by atoms with Crippen molar-refractivity contribution in [2.45, 2.75) is 17.2 Å². The zero-order valence-electron chi connectivity index (χ0n) is 11.1. The van der Waals surface area contributed by atoms with Crippen molar-refractivity contribution in [3.05, 3.63) is 54.1 Å². The summed E-state index contributed by atoms with van der Waals surface area (Å²) in [7, 11) is -1.03. The van der Waals surface area contributed by atoms with Crippen LogP contribution >= 0.6 is 0 Å². The van der Waals surface area contributed by atoms with Gasteiger partial charge in [-0.05, 0) is 36.2 Å². The number of fused-ring (bicyclic) bond motifs is 1. The van der Waals surface area contributed by atoms with Crippen LogP contribution in [0.3, 0.4) is 0 Å². The normalized spacial score (nSPS) is 18.9. The average Bonchev–Trinajstić information content (AvgIpc) is 2.47. The van der Waals surface area contributed by atoms with Crippen molar-refractivity contribution in [3.63, 3.8) is 0 Å². The van der Waals surface area contributed by atoms with E-state index < -0.39 is 10.8 Å². The summed E-state index contributed by atoms with van der Waals surface area (Å²) in [4.78, 5) is 0.800. The molecule has 2 atom stereocenters. The highest BCUT2D eigenvalue weighted by molar-refractivity contribution is 7.85. The van der Waals surface area contributed by atoms with E-state index in [1.54, 1.807) is 6.07 Å². The molecule has 2 aromatic rings. The van der Waals surface area contributed by atoms with Gasteiger partial charge >= 0.3 is 0 Å². The van der Waals surface area contributed by atoms with Crippen LogP contribution in [0.2, 0.25) is 0 Å². The van der Waals surface area contributed by atoms with Gasteiger partial charge in [0.1, 0.15) is 5.75 Å². The van der Waals surface area contributed by atoms with E-state index >= 15 is 0 Å². The first-order valence-corrected chi connectivity index (χ1v) is 8.01. The first-order chi connectivity index (χ1) is 9.74. The number of hydrogen-bond donors (Lipinski definition) is 1. The molecule has 0 radical (unpaired) electrons. The van der Waals surface area contributed by atoms with Crippen LogP contribution < -0.4 is 10.5 Å². The lowest BCUT2D eigenvalue weighted by atomic mass is 9.95. The number of nitrogens with two attached hydrogens (primary N) is 1. The Morgan fingerprint density at radius 2 is 2.05 bits per heavy atom. The van der Waals surface area contributed by atoms with E-state index in [1.807, 2.05) is 36.4 Å². The number of rotatable bonds is 3. The lowest BCUT2D eigenvalue weighted by Gasteiger charge is -2.25. The van der Waals surface area contributed by atoms with Crippen LogP contribution in [0.25, 0.3) is 0 Å². The monoisotopic (exact) mass is 287 g/mol. The van der Waals surface area contributed by atoms with E-state index in [0.29, 0.717) is 18.0 Å². The van der Waals surface area contributed by atoms with Gasteiger partial charge in [0.15, 0.2) is 0 Å². The quantitative estimate of drug-likeness (QED) is 0.883. The standard InChI is InChI=1S/C16H17NO2S/c17-13-4-3-5-14(10-13)20(18)11-12-8-9-19-16-7-2-1-6-15(12)16/h1-7,10,12H,8-9,11,17H2. The second-order valence-corrected chi connectivity index (χ2v) is 6.45. The van der Waals surface area contributed by atoms with Crippen molar-refractivity contribution in [2.24, 2.45) is 0 Å². The first kappa shape index (κ1) is 13.2. The largest absolute Gasteiger partial charge is 0.493 e. The molecule has 20 heavy (non-hydrogen) atoms. The third-order valence-corrected chi connectivity index (χ3v) is 5.04. The minimum absolute atomic E-state index is 0.280. The zero-order valence-corrected chi connectivity index (χ0v) is 11.9. The predicted octanol–water partition coefficient (Wildman–Crippen LogP) is 2.94. The first-order valence-electron chi connectivity index (χ1n) is 6.69. The van der Waals surface area contributed by atoms with Crippen LogP contribution in [0.4, 0.5) is 5.69 Å². The van der Waals surface area contributed by atoms with Crippen LogP contribution in [0.1, 0.15) is 17.9 Å². The molecule has 4 heteroatoms. The lowest BCUT2D eigenvalue weighted by molar-refractivity contribution is 0.273. The van der Waals surface area contributed by atoms with Crippen molar-refractivity contribution in [1.82, 2.24) is 0 Å². The molecule has 0 saturated carbocycles. The molecule has 2 N–H and O–H groups in total. The van der Waals surface area contributed by atoms with Gasteiger partial charge in [0.2, 0.25) is 0 Å². The fraction of sp³-hybridized carbons (Fsp3) is 0.250. The molecule has 104 valence electrons. The molecule has 0 aliphatic carbocycles. The van der Waals surface area contributed by atoms with Gasteiger partial charge in [-0.1, -0.05) is 24.3 Å². The highest BCUT2D eigenvalue weighted by Gasteiger charge is 2.23. The molecule has 1 heterocycles. The summed E-state index contributed by atoms with van der Waals surface area (Å²) in [5.41, 5.74) is 7.57. The second kappa shape index (κ2) is 5.67. The van der Waals surface area contributed by atoms with Gasteiger partial charge in [-0.2, -0.15) is 0 Å². The molecule has 2 aromatic carbocycles. The molecular formula is C16H17NO2S. The smallest absolute Gasteiger partial charge is 0.122 e. The predicted molar refractivity (Wildman–Crippen MR) is 81.4 cm³/mol. The Balaban J connectivity index is 1.81. The van der Waals surface area contributed by atoms with Crippen molar-refractivity contribution < 1.29 is 8.95 Å². The fourth-order valence-corrected chi connectivity index (χ4v) is 3.93. The van der Waals surface area contributed by atoms with Crippen LogP contribution in [0.5, 0.6) is 5.75 Å². The second-order valence-electron chi connectivity index (χ2n) is 4.96. The number of ether oxygens (including phenoxy) is 1. The molecule has 0 bridgehead atoms. The van der Waals surface area contributed by atoms with Gasteiger partial charge in [-0.25, -0.2) is 0 Å². The molecule has 0 spiro atoms. The average molecular weight is 287 g/mol. The van der Waals surface area contributed by atoms with Gasteiger partial charge < -0.3 is 10.5 Å². The van der Waals surface area contributed by atoms with Gasteiger partial charge in [0.25, 0.3) is 0 Å². The van der Waals surface area contributed by atoms with Crippen LogP contribution in [0.15, 0.2) is 53.4 Å². The van der Waals surface area contributed by atoms with E-state index in [9.17, 15) is 4.21 Å². The molecule has 3 nitrogen and oxygen atoms in total. The molecular weight excluding hydrogens is 270 g/mol. The van der Waals surface area contributed by atoms with E-state index in [-0.39, 0.29) is 5.92 Å². The maximum atomic E-state index is 12.5. The van der Waals surface area contributed by atoms with Gasteiger partial charge in [0.05, 0.1) is 17.4 Å². The number of anilines is 1. The van der Waals surface area contributed by atoms with Gasteiger partial charge in [-0.15, -0.1) is 0 Å². The highest BCUT2D eigenvalue weighted by atomic mass is 32.2. The molecule has 0 fully saturated rings. The van der Waals surface area contributed by atoms with Crippen molar-refractivity contribution in [2.75, 3.05) is 18.1 Å². The number of hydrogen-bond acceptors (Lipinski definition) is 3. The molecule has 0 amide bonds. The molecule has 0 aromatic heterocycles. The lowest BCUT2D eigenvalue weighted by Crippen LogP contribution is -2.19. The summed E-state index contributed by atoms with van der Waals surface area (Å²) in [6.45, 7) is 0.690. The van der Waals surface area contributed by atoms with Gasteiger partial charge in [0, 0.05) is 22.3 Å². The topological polar surface area (TPSA) is 52.3 Å². The number of nitrogen functional groups attached to an aromatic ring is 1. The summed E-state index contributed by atoms with van der Waals surface area (Å²) >= 11 is 0. The minimum atomic E-state index is -1.03. The van der Waals surface area contributed by atoms with E-state index in [1.165, 1.54) is 0 Å². The Bertz CT molecular complexity index is 642. The SMILES string of the molecule is Nc1cccc(S(=O)CC2CCOc3ccccc32)c1. The Morgan fingerprint density at radius 3 is 2.90 bits per heavy atom. The number of benzene rings is 2. The molecule has 0 saturated heterocycles. The zero-order chi connectivity index (χ0) is 13.9. The summed E-state index contributed by atoms with van der Waals surface area (Å²) < 4.78 is 18.1. The van der Waals surface area contributed by atoms with E-state index in [4.69, 9.17) is 10.5 Å². The Morgan fingerprint density at radius 1 is 1.20 bits per heavy atom. The molecule has 1 aliphatic heterocycles. The third-order valence-electron chi connectivity index (χ3n) is 3.56. The summed E-state index contributed by atoms with van der Waals surface area (Å²) in [5.74, 6) is 1.82. The van der Waals surface area contributed by atoms with E-state index in [0.717, 1.165) is 22.6 Å².